The topological polar surface area (TPSA) is 78.9 Å². The van der Waals surface area contributed by atoms with Crippen molar-refractivity contribution in [3.05, 3.63) is 134 Å². The van der Waals surface area contributed by atoms with Gasteiger partial charge in [0.05, 0.1) is 0 Å². The van der Waals surface area contributed by atoms with Gasteiger partial charge in [0.25, 0.3) is 0 Å². The number of allylic oxidation sites excluding steroid dienone is 22. The van der Waals surface area contributed by atoms with Crippen LogP contribution in [0.2, 0.25) is 0 Å². The lowest BCUT2D eigenvalue weighted by atomic mass is 10.0. The molecular weight excluding hydrogens is 1020 g/mol. The minimum atomic E-state index is -0.792. The molecule has 0 heterocycles. The summed E-state index contributed by atoms with van der Waals surface area (Å²) in [6.07, 6.45) is 99.0. The van der Waals surface area contributed by atoms with Crippen LogP contribution in [0.1, 0.15) is 316 Å². The summed E-state index contributed by atoms with van der Waals surface area (Å²) in [7, 11) is 0. The van der Waals surface area contributed by atoms with Crippen molar-refractivity contribution in [2.45, 2.75) is 322 Å². The van der Waals surface area contributed by atoms with Crippen LogP contribution in [0.25, 0.3) is 0 Å². The molecule has 1 atom stereocenters. The molecule has 0 saturated heterocycles. The van der Waals surface area contributed by atoms with Crippen molar-refractivity contribution in [3.8, 4) is 0 Å². The highest BCUT2D eigenvalue weighted by molar-refractivity contribution is 5.71. The van der Waals surface area contributed by atoms with Gasteiger partial charge in [-0.25, -0.2) is 0 Å². The van der Waals surface area contributed by atoms with Crippen LogP contribution in [0.15, 0.2) is 134 Å². The molecule has 0 spiro atoms. The van der Waals surface area contributed by atoms with Gasteiger partial charge >= 0.3 is 17.9 Å². The lowest BCUT2D eigenvalue weighted by molar-refractivity contribution is -0.167. The SMILES string of the molecule is CC/C=C\C/C=C\C/C=C\C/C=C\C/C=C\C/C=C\C/C=C\CCCCCCCCCCCCCC(=O)OCC(COC(=O)CCCCCCC/C=C\C/C=C\CCC)OC(=O)CCCCCCCCCCC/C=C\C/C=C\CCCCC. The molecule has 0 aliphatic carbocycles. The van der Waals surface area contributed by atoms with Crippen LogP contribution in [0, 0.1) is 0 Å². The largest absolute Gasteiger partial charge is 0.462 e. The zero-order chi connectivity index (χ0) is 59.9. The summed E-state index contributed by atoms with van der Waals surface area (Å²) in [6.45, 7) is 6.44. The summed E-state index contributed by atoms with van der Waals surface area (Å²) in [5.41, 5.74) is 0. The number of hydrogen-bond acceptors (Lipinski definition) is 6. The van der Waals surface area contributed by atoms with Crippen molar-refractivity contribution in [1.82, 2.24) is 0 Å². The van der Waals surface area contributed by atoms with Gasteiger partial charge in [-0.1, -0.05) is 296 Å². The van der Waals surface area contributed by atoms with Crippen LogP contribution in [0.4, 0.5) is 0 Å². The first-order chi connectivity index (χ1) is 41.0. The van der Waals surface area contributed by atoms with Crippen LogP contribution in [0.5, 0.6) is 0 Å². The van der Waals surface area contributed by atoms with Crippen LogP contribution >= 0.6 is 0 Å². The predicted octanol–water partition coefficient (Wildman–Crippen LogP) is 24.1. The van der Waals surface area contributed by atoms with Crippen molar-refractivity contribution >= 4 is 17.9 Å². The summed E-state index contributed by atoms with van der Waals surface area (Å²) >= 11 is 0. The molecule has 0 aromatic rings. The molecule has 0 aliphatic heterocycles. The Morgan fingerprint density at radius 1 is 0.253 bits per heavy atom. The Balaban J connectivity index is 4.27. The van der Waals surface area contributed by atoms with Gasteiger partial charge in [0.15, 0.2) is 6.10 Å². The fourth-order valence-corrected chi connectivity index (χ4v) is 9.43. The molecule has 0 aromatic carbocycles. The third-order valence-corrected chi connectivity index (χ3v) is 14.6. The van der Waals surface area contributed by atoms with E-state index in [2.05, 4.69) is 154 Å². The van der Waals surface area contributed by atoms with Crippen molar-refractivity contribution in [2.24, 2.45) is 0 Å². The molecule has 0 amide bonds. The van der Waals surface area contributed by atoms with Crippen molar-refractivity contribution < 1.29 is 28.6 Å². The van der Waals surface area contributed by atoms with Gasteiger partial charge in [-0.15, -0.1) is 0 Å². The summed E-state index contributed by atoms with van der Waals surface area (Å²) in [4.78, 5) is 38.4. The average molecular weight is 1150 g/mol. The maximum absolute atomic E-state index is 12.9. The fourth-order valence-electron chi connectivity index (χ4n) is 9.43. The van der Waals surface area contributed by atoms with E-state index in [0.717, 1.165) is 141 Å². The number of carbonyl (C=O) groups excluding carboxylic acids is 3. The Bertz CT molecular complexity index is 1750. The smallest absolute Gasteiger partial charge is 0.306 e. The first-order valence-corrected chi connectivity index (χ1v) is 34.7. The zero-order valence-corrected chi connectivity index (χ0v) is 54.2. The van der Waals surface area contributed by atoms with E-state index in [9.17, 15) is 14.4 Å². The molecule has 6 nitrogen and oxygen atoms in total. The van der Waals surface area contributed by atoms with E-state index < -0.39 is 6.10 Å². The van der Waals surface area contributed by atoms with E-state index >= 15 is 0 Å². The third-order valence-electron chi connectivity index (χ3n) is 14.6. The number of carbonyl (C=O) groups is 3. The lowest BCUT2D eigenvalue weighted by Gasteiger charge is -2.18. The molecule has 6 heteroatoms. The van der Waals surface area contributed by atoms with Gasteiger partial charge < -0.3 is 14.2 Å². The molecule has 0 radical (unpaired) electrons. The van der Waals surface area contributed by atoms with Crippen LogP contribution in [-0.4, -0.2) is 37.2 Å². The number of ether oxygens (including phenoxy) is 3. The van der Waals surface area contributed by atoms with E-state index in [4.69, 9.17) is 14.2 Å². The van der Waals surface area contributed by atoms with Crippen molar-refractivity contribution in [3.63, 3.8) is 0 Å². The van der Waals surface area contributed by atoms with Gasteiger partial charge in [0.2, 0.25) is 0 Å². The van der Waals surface area contributed by atoms with E-state index in [1.165, 1.54) is 135 Å². The molecule has 0 N–H and O–H groups in total. The molecule has 0 rings (SSSR count). The predicted molar refractivity (Wildman–Crippen MR) is 362 cm³/mol. The Hall–Kier alpha value is -4.45. The normalized spacial score (nSPS) is 13.0. The first kappa shape index (κ1) is 78.5. The minimum absolute atomic E-state index is 0.0874. The molecule has 83 heavy (non-hydrogen) atoms. The Kier molecular flexibility index (Phi) is 66.3. The third kappa shape index (κ3) is 68.2. The molecule has 0 fully saturated rings. The second-order valence-electron chi connectivity index (χ2n) is 22.7. The number of hydrogen-bond donors (Lipinski definition) is 0. The molecular formula is C77H128O6. The first-order valence-electron chi connectivity index (χ1n) is 34.7. The highest BCUT2D eigenvalue weighted by Gasteiger charge is 2.19. The summed E-state index contributed by atoms with van der Waals surface area (Å²) in [5, 5.41) is 0. The van der Waals surface area contributed by atoms with Crippen LogP contribution < -0.4 is 0 Å². The van der Waals surface area contributed by atoms with Gasteiger partial charge in [0.1, 0.15) is 13.2 Å². The average Bonchev–Trinajstić information content (AvgIpc) is 3.49. The quantitative estimate of drug-likeness (QED) is 0.0261. The van der Waals surface area contributed by atoms with Gasteiger partial charge in [-0.05, 0) is 135 Å². The van der Waals surface area contributed by atoms with Crippen molar-refractivity contribution in [2.75, 3.05) is 13.2 Å². The minimum Gasteiger partial charge on any atom is -0.462 e. The number of esters is 3. The monoisotopic (exact) mass is 1150 g/mol. The van der Waals surface area contributed by atoms with Gasteiger partial charge in [0, 0.05) is 19.3 Å². The van der Waals surface area contributed by atoms with E-state index in [0.29, 0.717) is 19.3 Å². The Morgan fingerprint density at radius 2 is 0.494 bits per heavy atom. The summed E-state index contributed by atoms with van der Waals surface area (Å²) < 4.78 is 16.9. The molecule has 0 bridgehead atoms. The fraction of sp³-hybridized carbons (Fsp3) is 0.675. The maximum Gasteiger partial charge on any atom is 0.306 e. The van der Waals surface area contributed by atoms with Crippen LogP contribution in [0.3, 0.4) is 0 Å². The maximum atomic E-state index is 12.9. The van der Waals surface area contributed by atoms with E-state index in [1.807, 2.05) is 0 Å². The highest BCUT2D eigenvalue weighted by atomic mass is 16.6. The van der Waals surface area contributed by atoms with E-state index in [1.54, 1.807) is 0 Å². The standard InChI is InChI=1S/C77H128O6/c1-4-7-10-13-16-19-22-25-27-29-31-32-33-34-35-36-37-38-39-40-41-42-43-44-46-47-49-52-55-58-61-64-67-70-76(79)82-73-74(72-81-75(78)69-66-63-60-57-54-51-24-21-18-15-12-9-6-3)83-77(80)71-68-65-62-59-56-53-50-48-45-30-28-26-23-20-17-14-11-8-5-2/h7,10,12,15-17,19-21,24-28,31-32,34-35,37-38,40-41,74H,4-6,8-9,11,13-14,18,22-23,29-30,33,36,39,42-73H2,1-3H3/b10-7-,15-12-,19-16-,20-17-,24-21-,27-25-,28-26-,32-31-,35-34-,38-37-,41-40-. The zero-order valence-electron chi connectivity index (χ0n) is 54.2. The Labute approximate surface area is 513 Å². The molecule has 0 aromatic heterocycles. The summed E-state index contributed by atoms with van der Waals surface area (Å²) in [6, 6.07) is 0. The molecule has 0 saturated carbocycles. The van der Waals surface area contributed by atoms with Crippen molar-refractivity contribution in [1.29, 1.82) is 0 Å². The molecule has 472 valence electrons. The lowest BCUT2D eigenvalue weighted by Crippen LogP contribution is -2.30. The Morgan fingerprint density at radius 3 is 0.783 bits per heavy atom. The highest BCUT2D eigenvalue weighted by Crippen LogP contribution is 2.16. The molecule has 0 aliphatic rings. The van der Waals surface area contributed by atoms with Gasteiger partial charge in [-0.2, -0.15) is 0 Å². The number of unbranched alkanes of at least 4 members (excludes halogenated alkanes) is 29. The second-order valence-corrected chi connectivity index (χ2v) is 22.7. The van der Waals surface area contributed by atoms with Crippen LogP contribution in [-0.2, 0) is 28.6 Å². The summed E-state index contributed by atoms with van der Waals surface area (Å²) in [5.74, 6) is -0.902. The second kappa shape index (κ2) is 70.0. The van der Waals surface area contributed by atoms with E-state index in [-0.39, 0.29) is 31.1 Å². The molecule has 1 unspecified atom stereocenters. The number of rotatable bonds is 62. The van der Waals surface area contributed by atoms with Gasteiger partial charge in [-0.3, -0.25) is 14.4 Å².